The van der Waals surface area contributed by atoms with Gasteiger partial charge in [0.15, 0.2) is 0 Å². The summed E-state index contributed by atoms with van der Waals surface area (Å²) in [4.78, 5) is 35.2. The highest BCUT2D eigenvalue weighted by molar-refractivity contribution is 5.95. The van der Waals surface area contributed by atoms with Crippen LogP contribution in [0.25, 0.3) is 6.08 Å². The highest BCUT2D eigenvalue weighted by Crippen LogP contribution is 2.12. The highest BCUT2D eigenvalue weighted by atomic mass is 19.1. The van der Waals surface area contributed by atoms with E-state index in [4.69, 9.17) is 4.74 Å². The Morgan fingerprint density at radius 3 is 2.43 bits per heavy atom. The smallest absolute Gasteiger partial charge is 0.272 e. The number of hydrazine groups is 1. The molecule has 0 heterocycles. The number of hydrogen-bond acceptors (Lipinski definition) is 4. The van der Waals surface area contributed by atoms with Crippen molar-refractivity contribution in [3.63, 3.8) is 0 Å². The molecule has 0 unspecified atom stereocenters. The standard InChI is InChI=1S/C20H20FN3O4/c1-28-15-9-6-14(7-10-15)8-11-18(25)22-13-12-19(26)23-24-20(27)16-4-2-3-5-17(16)21/h2-11H,12-13H2,1H3,(H,22,25)(H,23,26)(H,24,27)/b11-8+. The van der Waals surface area contributed by atoms with Crippen LogP contribution in [0.1, 0.15) is 22.3 Å². The second kappa shape index (κ2) is 10.5. The van der Waals surface area contributed by atoms with Gasteiger partial charge in [0.1, 0.15) is 11.6 Å². The Kier molecular flexibility index (Phi) is 7.71. The van der Waals surface area contributed by atoms with Gasteiger partial charge in [-0.1, -0.05) is 24.3 Å². The first-order chi connectivity index (χ1) is 13.5. The van der Waals surface area contributed by atoms with Crippen LogP contribution >= 0.6 is 0 Å². The van der Waals surface area contributed by atoms with E-state index in [1.165, 1.54) is 24.3 Å². The molecule has 0 aromatic heterocycles. The maximum Gasteiger partial charge on any atom is 0.272 e. The number of carbonyl (C=O) groups is 3. The number of carbonyl (C=O) groups excluding carboxylic acids is 3. The number of amides is 3. The van der Waals surface area contributed by atoms with Gasteiger partial charge in [0.05, 0.1) is 12.7 Å². The van der Waals surface area contributed by atoms with E-state index >= 15 is 0 Å². The predicted octanol–water partition coefficient (Wildman–Crippen LogP) is 1.81. The Hall–Kier alpha value is -3.68. The van der Waals surface area contributed by atoms with Crippen molar-refractivity contribution in [2.75, 3.05) is 13.7 Å². The SMILES string of the molecule is COc1ccc(/C=C/C(=O)NCCC(=O)NNC(=O)c2ccccc2F)cc1. The van der Waals surface area contributed by atoms with Gasteiger partial charge in [-0.15, -0.1) is 0 Å². The minimum atomic E-state index is -0.766. The lowest BCUT2D eigenvalue weighted by Gasteiger charge is -2.08. The zero-order valence-electron chi connectivity index (χ0n) is 15.2. The summed E-state index contributed by atoms with van der Waals surface area (Å²) in [7, 11) is 1.57. The number of hydrogen-bond donors (Lipinski definition) is 3. The van der Waals surface area contributed by atoms with Crippen molar-refractivity contribution in [2.45, 2.75) is 6.42 Å². The molecule has 0 bridgehead atoms. The largest absolute Gasteiger partial charge is 0.497 e. The summed E-state index contributed by atoms with van der Waals surface area (Å²) in [6.45, 7) is 0.0766. The molecule has 2 rings (SSSR count). The maximum atomic E-state index is 13.5. The van der Waals surface area contributed by atoms with Gasteiger partial charge >= 0.3 is 0 Å². The molecule has 28 heavy (non-hydrogen) atoms. The van der Waals surface area contributed by atoms with E-state index in [9.17, 15) is 18.8 Å². The quantitative estimate of drug-likeness (QED) is 0.500. The van der Waals surface area contributed by atoms with Crippen molar-refractivity contribution in [3.8, 4) is 5.75 Å². The van der Waals surface area contributed by atoms with Crippen LogP contribution in [0.4, 0.5) is 4.39 Å². The van der Waals surface area contributed by atoms with Crippen molar-refractivity contribution in [1.29, 1.82) is 0 Å². The summed E-state index contributed by atoms with van der Waals surface area (Å²) in [6, 6.07) is 12.6. The summed E-state index contributed by atoms with van der Waals surface area (Å²) in [5.41, 5.74) is 4.93. The third-order valence-electron chi connectivity index (χ3n) is 3.63. The first-order valence-electron chi connectivity index (χ1n) is 8.43. The predicted molar refractivity (Wildman–Crippen MR) is 102 cm³/mol. The van der Waals surface area contributed by atoms with Crippen LogP contribution < -0.4 is 20.9 Å². The molecule has 3 N–H and O–H groups in total. The van der Waals surface area contributed by atoms with E-state index in [2.05, 4.69) is 16.2 Å². The molecule has 7 nitrogen and oxygen atoms in total. The molecule has 0 spiro atoms. The van der Waals surface area contributed by atoms with Gasteiger partial charge in [0.2, 0.25) is 11.8 Å². The number of rotatable bonds is 7. The number of ether oxygens (including phenoxy) is 1. The van der Waals surface area contributed by atoms with Crippen molar-refractivity contribution in [2.24, 2.45) is 0 Å². The molecular weight excluding hydrogens is 365 g/mol. The van der Waals surface area contributed by atoms with E-state index < -0.39 is 17.6 Å². The summed E-state index contributed by atoms with van der Waals surface area (Å²) in [5, 5.41) is 2.55. The second-order valence-electron chi connectivity index (χ2n) is 5.63. The molecule has 2 aromatic carbocycles. The fraction of sp³-hybridized carbons (Fsp3) is 0.150. The molecule has 0 atom stereocenters. The van der Waals surface area contributed by atoms with Crippen LogP contribution in [0.5, 0.6) is 5.75 Å². The average Bonchev–Trinajstić information content (AvgIpc) is 2.71. The Morgan fingerprint density at radius 1 is 1.04 bits per heavy atom. The molecule has 0 aliphatic carbocycles. The van der Waals surface area contributed by atoms with Crippen molar-refractivity contribution in [1.82, 2.24) is 16.2 Å². The van der Waals surface area contributed by atoms with Gasteiger partial charge in [-0.2, -0.15) is 0 Å². The zero-order valence-corrected chi connectivity index (χ0v) is 15.2. The van der Waals surface area contributed by atoms with Crippen LogP contribution in [0, 0.1) is 5.82 Å². The summed E-state index contributed by atoms with van der Waals surface area (Å²) in [5.74, 6) is -1.62. The van der Waals surface area contributed by atoms with Crippen molar-refractivity contribution in [3.05, 3.63) is 71.6 Å². The van der Waals surface area contributed by atoms with Crippen molar-refractivity contribution >= 4 is 23.8 Å². The van der Waals surface area contributed by atoms with Gasteiger partial charge in [-0.05, 0) is 35.9 Å². The molecule has 8 heteroatoms. The van der Waals surface area contributed by atoms with Gasteiger partial charge < -0.3 is 10.1 Å². The van der Waals surface area contributed by atoms with Crippen LogP contribution in [0.3, 0.4) is 0 Å². The molecule has 0 saturated carbocycles. The molecule has 0 saturated heterocycles. The third-order valence-corrected chi connectivity index (χ3v) is 3.63. The number of halogens is 1. The summed E-state index contributed by atoms with van der Waals surface area (Å²) >= 11 is 0. The van der Waals surface area contributed by atoms with E-state index in [0.29, 0.717) is 0 Å². The van der Waals surface area contributed by atoms with Crippen LogP contribution in [-0.4, -0.2) is 31.4 Å². The molecule has 146 valence electrons. The minimum Gasteiger partial charge on any atom is -0.497 e. The third kappa shape index (κ3) is 6.56. The number of benzene rings is 2. The summed E-state index contributed by atoms with van der Waals surface area (Å²) < 4.78 is 18.5. The van der Waals surface area contributed by atoms with E-state index in [-0.39, 0.29) is 24.4 Å². The van der Waals surface area contributed by atoms with Gasteiger partial charge in [0, 0.05) is 19.0 Å². The first kappa shape index (κ1) is 20.6. The van der Waals surface area contributed by atoms with Crippen LogP contribution in [-0.2, 0) is 9.59 Å². The topological polar surface area (TPSA) is 96.5 Å². The van der Waals surface area contributed by atoms with Gasteiger partial charge in [-0.3, -0.25) is 25.2 Å². The normalized spacial score (nSPS) is 10.4. The molecule has 2 aromatic rings. The molecule has 0 aliphatic rings. The van der Waals surface area contributed by atoms with Crippen LogP contribution in [0.2, 0.25) is 0 Å². The fourth-order valence-corrected chi connectivity index (χ4v) is 2.15. The lowest BCUT2D eigenvalue weighted by Crippen LogP contribution is -2.43. The minimum absolute atomic E-state index is 0.0559. The fourth-order valence-electron chi connectivity index (χ4n) is 2.15. The van der Waals surface area contributed by atoms with Crippen LogP contribution in [0.15, 0.2) is 54.6 Å². The molecule has 0 fully saturated rings. The molecular formula is C20H20FN3O4. The van der Waals surface area contributed by atoms with Crippen molar-refractivity contribution < 1.29 is 23.5 Å². The first-order valence-corrected chi connectivity index (χ1v) is 8.43. The van der Waals surface area contributed by atoms with E-state index in [0.717, 1.165) is 17.4 Å². The van der Waals surface area contributed by atoms with Gasteiger partial charge in [-0.25, -0.2) is 4.39 Å². The maximum absolute atomic E-state index is 13.5. The highest BCUT2D eigenvalue weighted by Gasteiger charge is 2.11. The lowest BCUT2D eigenvalue weighted by molar-refractivity contribution is -0.122. The Balaban J connectivity index is 1.68. The molecule has 3 amide bonds. The Bertz CT molecular complexity index is 866. The zero-order chi connectivity index (χ0) is 20.4. The van der Waals surface area contributed by atoms with E-state index in [1.807, 2.05) is 0 Å². The lowest BCUT2D eigenvalue weighted by atomic mass is 10.2. The average molecular weight is 385 g/mol. The number of methoxy groups -OCH3 is 1. The van der Waals surface area contributed by atoms with E-state index in [1.54, 1.807) is 37.5 Å². The second-order valence-corrected chi connectivity index (χ2v) is 5.63. The molecule has 0 radical (unpaired) electrons. The summed E-state index contributed by atoms with van der Waals surface area (Å²) in [6.07, 6.45) is 2.92. The Labute approximate surface area is 161 Å². The molecule has 0 aliphatic heterocycles. The Morgan fingerprint density at radius 2 is 1.75 bits per heavy atom. The number of nitrogens with one attached hydrogen (secondary N) is 3. The monoisotopic (exact) mass is 385 g/mol. The van der Waals surface area contributed by atoms with Gasteiger partial charge in [0.25, 0.3) is 5.91 Å².